The van der Waals surface area contributed by atoms with Gasteiger partial charge in [0.05, 0.1) is 22.3 Å². The van der Waals surface area contributed by atoms with Gasteiger partial charge in [-0.15, -0.1) is 5.10 Å². The number of non-ortho nitro benzene ring substituents is 1. The summed E-state index contributed by atoms with van der Waals surface area (Å²) in [6.07, 6.45) is 0.768. The van der Waals surface area contributed by atoms with Crippen LogP contribution in [0, 0.1) is 17.0 Å². The van der Waals surface area contributed by atoms with Crippen molar-refractivity contribution in [3.8, 4) is 0 Å². The summed E-state index contributed by atoms with van der Waals surface area (Å²) < 4.78 is 8.02. The molecular formula is C17H17N7O3S. The minimum Gasteiger partial charge on any atom is -0.353 e. The van der Waals surface area contributed by atoms with Crippen LogP contribution in [0.3, 0.4) is 0 Å². The molecule has 0 saturated carbocycles. The topological polar surface area (TPSA) is 118 Å². The number of benzene rings is 1. The Morgan fingerprint density at radius 2 is 2.00 bits per heavy atom. The zero-order chi connectivity index (χ0) is 19.7. The average Bonchev–Trinajstić information content (AvgIpc) is 3.03. The molecular weight excluding hydrogens is 382 g/mol. The highest BCUT2D eigenvalue weighted by Gasteiger charge is 2.25. The van der Waals surface area contributed by atoms with Crippen LogP contribution < -0.4 is 4.90 Å². The fourth-order valence-corrected chi connectivity index (χ4v) is 3.76. The molecule has 1 saturated heterocycles. The second kappa shape index (κ2) is 7.43. The van der Waals surface area contributed by atoms with Crippen LogP contribution in [0.1, 0.15) is 22.5 Å². The van der Waals surface area contributed by atoms with Gasteiger partial charge in [-0.2, -0.15) is 13.8 Å². The van der Waals surface area contributed by atoms with E-state index in [0.717, 1.165) is 36.2 Å². The number of hydrogen-bond acceptors (Lipinski definition) is 9. The number of amides is 1. The number of aryl methyl sites for hydroxylation is 1. The monoisotopic (exact) mass is 399 g/mol. The molecule has 3 heterocycles. The van der Waals surface area contributed by atoms with Crippen molar-refractivity contribution in [1.82, 2.24) is 23.8 Å². The number of carbonyl (C=O) groups is 1. The Bertz CT molecular complexity index is 1040. The van der Waals surface area contributed by atoms with Gasteiger partial charge in [-0.3, -0.25) is 14.9 Å². The van der Waals surface area contributed by atoms with E-state index in [1.165, 1.54) is 6.07 Å². The summed E-state index contributed by atoms with van der Waals surface area (Å²) in [4.78, 5) is 27.6. The quantitative estimate of drug-likeness (QED) is 0.485. The van der Waals surface area contributed by atoms with Crippen LogP contribution in [-0.2, 0) is 0 Å². The van der Waals surface area contributed by atoms with Crippen LogP contribution in [0.4, 0.5) is 11.5 Å². The van der Waals surface area contributed by atoms with Crippen LogP contribution in [0.15, 0.2) is 24.3 Å². The zero-order valence-electron chi connectivity index (χ0n) is 15.1. The lowest BCUT2D eigenvalue weighted by molar-refractivity contribution is -0.383. The molecule has 0 unspecified atom stereocenters. The van der Waals surface area contributed by atoms with Gasteiger partial charge in [0.25, 0.3) is 11.6 Å². The van der Waals surface area contributed by atoms with E-state index in [1.54, 1.807) is 11.0 Å². The number of carbonyl (C=O) groups excluding carboxylic acids is 1. The number of aromatic nitrogens is 4. The second-order valence-corrected chi connectivity index (χ2v) is 7.08. The van der Waals surface area contributed by atoms with Crippen molar-refractivity contribution in [3.63, 3.8) is 0 Å². The average molecular weight is 399 g/mol. The van der Waals surface area contributed by atoms with E-state index in [9.17, 15) is 14.9 Å². The van der Waals surface area contributed by atoms with Gasteiger partial charge in [0.2, 0.25) is 0 Å². The van der Waals surface area contributed by atoms with Crippen LogP contribution >= 0.6 is 11.7 Å². The molecule has 0 bridgehead atoms. The first-order valence-corrected chi connectivity index (χ1v) is 9.51. The van der Waals surface area contributed by atoms with Gasteiger partial charge < -0.3 is 9.80 Å². The van der Waals surface area contributed by atoms with Crippen LogP contribution in [0.25, 0.3) is 11.0 Å². The largest absolute Gasteiger partial charge is 0.353 e. The Morgan fingerprint density at radius 1 is 1.14 bits per heavy atom. The van der Waals surface area contributed by atoms with E-state index >= 15 is 0 Å². The van der Waals surface area contributed by atoms with E-state index in [1.807, 2.05) is 19.1 Å². The van der Waals surface area contributed by atoms with Gasteiger partial charge in [0, 0.05) is 37.8 Å². The molecule has 0 radical (unpaired) electrons. The first-order chi connectivity index (χ1) is 13.5. The molecule has 1 aromatic carbocycles. The van der Waals surface area contributed by atoms with Crippen LogP contribution in [0.5, 0.6) is 0 Å². The molecule has 1 aliphatic rings. The van der Waals surface area contributed by atoms with Gasteiger partial charge in [0.1, 0.15) is 5.52 Å². The first-order valence-electron chi connectivity index (χ1n) is 8.78. The molecule has 0 spiro atoms. The summed E-state index contributed by atoms with van der Waals surface area (Å²) in [6, 6.07) is 6.70. The van der Waals surface area contributed by atoms with Gasteiger partial charge in [-0.05, 0) is 31.5 Å². The SMILES string of the molecule is Cc1ccc(N2CCCN(C(=O)c3cc([N+](=O)[O-])c4nsnc4c3)CC2)nn1. The maximum Gasteiger partial charge on any atom is 0.299 e. The van der Waals surface area contributed by atoms with E-state index in [2.05, 4.69) is 23.8 Å². The van der Waals surface area contributed by atoms with E-state index in [-0.39, 0.29) is 22.7 Å². The molecule has 0 atom stereocenters. The van der Waals surface area contributed by atoms with E-state index < -0.39 is 4.92 Å². The number of nitrogens with zero attached hydrogens (tertiary/aromatic N) is 7. The van der Waals surface area contributed by atoms with Crippen molar-refractivity contribution in [2.75, 3.05) is 31.1 Å². The normalized spacial score (nSPS) is 14.9. The number of fused-ring (bicyclic) bond motifs is 1. The Labute approximate surface area is 164 Å². The summed E-state index contributed by atoms with van der Waals surface area (Å²) in [5, 5.41) is 19.6. The third kappa shape index (κ3) is 3.48. The summed E-state index contributed by atoms with van der Waals surface area (Å²) in [5.41, 5.74) is 1.50. The second-order valence-electron chi connectivity index (χ2n) is 6.55. The van der Waals surface area contributed by atoms with Crippen LogP contribution in [0.2, 0.25) is 0 Å². The molecule has 144 valence electrons. The highest BCUT2D eigenvalue weighted by Crippen LogP contribution is 2.27. The van der Waals surface area contributed by atoms with Gasteiger partial charge in [0.15, 0.2) is 11.3 Å². The number of nitro groups is 1. The molecule has 1 aliphatic heterocycles. The molecule has 4 rings (SSSR count). The summed E-state index contributed by atoms with van der Waals surface area (Å²) in [6.45, 7) is 4.32. The maximum absolute atomic E-state index is 13.0. The standard InChI is InChI=1S/C17H17N7O3S/c1-11-3-4-15(19-18-11)22-5-2-6-23(8-7-22)17(25)12-9-13-16(21-28-20-13)14(10-12)24(26)27/h3-4,9-10H,2,5-8H2,1H3. The number of anilines is 1. The molecule has 0 aliphatic carbocycles. The van der Waals surface area contributed by atoms with Crippen molar-refractivity contribution in [1.29, 1.82) is 0 Å². The maximum atomic E-state index is 13.0. The minimum atomic E-state index is -0.527. The van der Waals surface area contributed by atoms with Crippen LogP contribution in [-0.4, -0.2) is 60.9 Å². The highest BCUT2D eigenvalue weighted by molar-refractivity contribution is 7.00. The van der Waals surface area contributed by atoms with Gasteiger partial charge in [-0.1, -0.05) is 0 Å². The Morgan fingerprint density at radius 3 is 2.75 bits per heavy atom. The summed E-state index contributed by atoms with van der Waals surface area (Å²) in [7, 11) is 0. The summed E-state index contributed by atoms with van der Waals surface area (Å²) >= 11 is 0.894. The Hall–Kier alpha value is -3.21. The number of nitro benzene ring substituents is 1. The number of rotatable bonds is 3. The molecule has 28 heavy (non-hydrogen) atoms. The predicted octanol–water partition coefficient (Wildman–Crippen LogP) is 2.05. The van der Waals surface area contributed by atoms with Crippen molar-refractivity contribution < 1.29 is 9.72 Å². The lowest BCUT2D eigenvalue weighted by atomic mass is 10.1. The number of hydrogen-bond donors (Lipinski definition) is 0. The van der Waals surface area contributed by atoms with Gasteiger partial charge >= 0.3 is 0 Å². The molecule has 10 nitrogen and oxygen atoms in total. The third-order valence-electron chi connectivity index (χ3n) is 4.68. The van der Waals surface area contributed by atoms with Crippen molar-refractivity contribution in [2.24, 2.45) is 0 Å². The Balaban J connectivity index is 1.54. The summed E-state index contributed by atoms with van der Waals surface area (Å²) in [5.74, 6) is 0.542. The minimum absolute atomic E-state index is 0.194. The Kier molecular flexibility index (Phi) is 4.82. The lowest BCUT2D eigenvalue weighted by Gasteiger charge is -2.22. The molecule has 3 aromatic rings. The smallest absolute Gasteiger partial charge is 0.299 e. The molecule has 1 fully saturated rings. The van der Waals surface area contributed by atoms with Crippen molar-refractivity contribution in [3.05, 3.63) is 45.6 Å². The van der Waals surface area contributed by atoms with Gasteiger partial charge in [-0.25, -0.2) is 0 Å². The molecule has 2 aromatic heterocycles. The molecule has 1 amide bonds. The van der Waals surface area contributed by atoms with E-state index in [4.69, 9.17) is 0 Å². The molecule has 11 heteroatoms. The zero-order valence-corrected chi connectivity index (χ0v) is 15.9. The lowest BCUT2D eigenvalue weighted by Crippen LogP contribution is -2.35. The van der Waals surface area contributed by atoms with Crippen molar-refractivity contribution in [2.45, 2.75) is 13.3 Å². The highest BCUT2D eigenvalue weighted by atomic mass is 32.1. The first kappa shape index (κ1) is 18.2. The van der Waals surface area contributed by atoms with Crippen molar-refractivity contribution >= 4 is 40.2 Å². The molecule has 0 N–H and O–H groups in total. The van der Waals surface area contributed by atoms with E-state index in [0.29, 0.717) is 25.2 Å². The fourth-order valence-electron chi connectivity index (χ4n) is 3.23. The fraction of sp³-hybridized carbons (Fsp3) is 0.353. The third-order valence-corrected chi connectivity index (χ3v) is 5.22. The predicted molar refractivity (Wildman–Crippen MR) is 104 cm³/mol.